The highest BCUT2D eigenvalue weighted by Crippen LogP contribution is 2.67. The molecule has 4 bridgehead atoms. The van der Waals surface area contributed by atoms with E-state index in [0.717, 1.165) is 24.0 Å². The lowest BCUT2D eigenvalue weighted by molar-refractivity contribution is -0.146. The first-order chi connectivity index (χ1) is 22.0. The van der Waals surface area contributed by atoms with Gasteiger partial charge in [-0.2, -0.15) is 0 Å². The molecule has 1 aromatic rings. The van der Waals surface area contributed by atoms with E-state index in [-0.39, 0.29) is 71.5 Å². The maximum Gasteiger partial charge on any atom is 0.330 e. The minimum atomic E-state index is -1.38. The van der Waals surface area contributed by atoms with Gasteiger partial charge in [0.25, 0.3) is 0 Å². The number of aromatic hydroxyl groups is 2. The Hall–Kier alpha value is -3.62. The smallest absolute Gasteiger partial charge is 0.330 e. The molecule has 1 spiro atoms. The Balaban J connectivity index is 1.73. The second kappa shape index (κ2) is 12.4. The molecule has 0 radical (unpaired) electrons. The summed E-state index contributed by atoms with van der Waals surface area (Å²) in [5.41, 5.74) is 1.02. The van der Waals surface area contributed by atoms with Crippen LogP contribution in [0.15, 0.2) is 58.2 Å². The Morgan fingerprint density at radius 3 is 2.26 bits per heavy atom. The highest BCUT2D eigenvalue weighted by Gasteiger charge is 2.76. The van der Waals surface area contributed by atoms with Crippen LogP contribution >= 0.6 is 0 Å². The average molecular weight is 647 g/mol. The predicted molar refractivity (Wildman–Crippen MR) is 181 cm³/mol. The van der Waals surface area contributed by atoms with Crippen molar-refractivity contribution < 1.29 is 39.5 Å². The summed E-state index contributed by atoms with van der Waals surface area (Å²) >= 11 is 0. The molecule has 1 aromatic carbocycles. The number of hydrogen-bond acceptors (Lipinski definition) is 7. The molecule has 8 nitrogen and oxygen atoms in total. The van der Waals surface area contributed by atoms with Crippen LogP contribution in [-0.2, 0) is 22.4 Å². The summed E-state index contributed by atoms with van der Waals surface area (Å²) in [7, 11) is 0. The van der Waals surface area contributed by atoms with E-state index < -0.39 is 34.7 Å². The molecule has 5 unspecified atom stereocenters. The molecule has 47 heavy (non-hydrogen) atoms. The highest BCUT2D eigenvalue weighted by atomic mass is 16.6. The Morgan fingerprint density at radius 1 is 0.957 bits per heavy atom. The number of carboxylic acid groups (broad SMARTS) is 1. The van der Waals surface area contributed by atoms with Crippen LogP contribution in [0.4, 0.5) is 0 Å². The number of Topliss-reactive ketones (excluding diaryl/α,β-unsaturated/α-hetero) is 1. The number of aliphatic carboxylic acids is 1. The molecule has 6 rings (SSSR count). The molecular weight excluding hydrogens is 596 g/mol. The van der Waals surface area contributed by atoms with Crippen LogP contribution in [0.25, 0.3) is 0 Å². The number of carbonyl (C=O) groups is 2. The van der Waals surface area contributed by atoms with Crippen LogP contribution in [0.3, 0.4) is 0 Å². The number of phenols is 2. The minimum absolute atomic E-state index is 0.00841. The molecular formula is C39H50O8. The van der Waals surface area contributed by atoms with E-state index in [1.54, 1.807) is 12.2 Å². The number of hydrogen-bond donors (Lipinski definition) is 4. The van der Waals surface area contributed by atoms with Crippen LogP contribution in [0.1, 0.15) is 109 Å². The minimum Gasteiger partial charge on any atom is -0.507 e. The number of aliphatic hydroxyl groups is 1. The van der Waals surface area contributed by atoms with E-state index in [4.69, 9.17) is 9.47 Å². The van der Waals surface area contributed by atoms with Gasteiger partial charge in [-0.15, -0.1) is 0 Å². The Bertz CT molecular complexity index is 1640. The third-order valence-corrected chi connectivity index (χ3v) is 10.7. The molecule has 1 saturated heterocycles. The van der Waals surface area contributed by atoms with Gasteiger partial charge >= 0.3 is 5.97 Å². The van der Waals surface area contributed by atoms with Crippen molar-refractivity contribution in [3.63, 3.8) is 0 Å². The summed E-state index contributed by atoms with van der Waals surface area (Å²) in [4.78, 5) is 26.7. The van der Waals surface area contributed by atoms with Crippen LogP contribution in [-0.4, -0.2) is 55.1 Å². The number of phenolic OH excluding ortho intramolecular Hbond substituents is 2. The number of carbonyl (C=O) groups excluding carboxylic acids is 1. The largest absolute Gasteiger partial charge is 0.507 e. The number of fused-ring (bicyclic) bond motifs is 2. The molecule has 1 saturated carbocycles. The van der Waals surface area contributed by atoms with Gasteiger partial charge in [0.05, 0.1) is 11.7 Å². The lowest BCUT2D eigenvalue weighted by Gasteiger charge is -2.50. The van der Waals surface area contributed by atoms with Crippen LogP contribution in [0.5, 0.6) is 17.2 Å². The fraction of sp³-hybridized carbons (Fsp3) is 0.538. The fourth-order valence-electron chi connectivity index (χ4n) is 8.20. The van der Waals surface area contributed by atoms with Gasteiger partial charge in [0.2, 0.25) is 0 Å². The number of allylic oxidation sites excluding steroid dienone is 6. The van der Waals surface area contributed by atoms with Crippen molar-refractivity contribution in [1.82, 2.24) is 0 Å². The molecule has 5 aliphatic rings. The summed E-state index contributed by atoms with van der Waals surface area (Å²) in [6.07, 6.45) is 11.5. The van der Waals surface area contributed by atoms with E-state index in [9.17, 15) is 30.0 Å². The summed E-state index contributed by atoms with van der Waals surface area (Å²) in [5, 5.41) is 44.7. The zero-order valence-corrected chi connectivity index (χ0v) is 29.0. The number of rotatable bonds is 10. The van der Waals surface area contributed by atoms with Gasteiger partial charge in [0.15, 0.2) is 11.4 Å². The number of ketones is 1. The summed E-state index contributed by atoms with van der Waals surface area (Å²) < 4.78 is 14.0. The van der Waals surface area contributed by atoms with Gasteiger partial charge in [-0.05, 0) is 93.9 Å². The molecule has 3 aliphatic carbocycles. The van der Waals surface area contributed by atoms with Gasteiger partial charge in [-0.25, -0.2) is 4.79 Å². The quantitative estimate of drug-likeness (QED) is 0.152. The third kappa shape index (κ3) is 5.78. The first-order valence-corrected chi connectivity index (χ1v) is 16.7. The van der Waals surface area contributed by atoms with Crippen molar-refractivity contribution in [1.29, 1.82) is 0 Å². The van der Waals surface area contributed by atoms with Crippen molar-refractivity contribution in [3.8, 4) is 17.2 Å². The monoisotopic (exact) mass is 646 g/mol. The first-order valence-electron chi connectivity index (χ1n) is 16.7. The Kier molecular flexibility index (Phi) is 9.19. The topological polar surface area (TPSA) is 134 Å². The lowest BCUT2D eigenvalue weighted by Crippen LogP contribution is -2.62. The SMILES string of the molecule is CC(C)=CCCC(C)=CCc1c(O)c(CC=C(C)C)c2c(c1O)C(=O)C1=CC3CC4C(C)(C)OC(CC=C(C)C(=O)O)(CC3O)C14O2. The van der Waals surface area contributed by atoms with Crippen molar-refractivity contribution in [2.45, 2.75) is 123 Å². The molecule has 2 fully saturated rings. The predicted octanol–water partition coefficient (Wildman–Crippen LogP) is 7.45. The van der Waals surface area contributed by atoms with Crippen LogP contribution < -0.4 is 4.74 Å². The second-order valence-electron chi connectivity index (χ2n) is 15.0. The summed E-state index contributed by atoms with van der Waals surface area (Å²) in [5.74, 6) is -2.51. The van der Waals surface area contributed by atoms with Crippen LogP contribution in [0.2, 0.25) is 0 Å². The molecule has 0 amide bonds. The van der Waals surface area contributed by atoms with Gasteiger partial charge in [0.1, 0.15) is 28.4 Å². The van der Waals surface area contributed by atoms with Gasteiger partial charge < -0.3 is 29.9 Å². The van der Waals surface area contributed by atoms with E-state index >= 15 is 0 Å². The summed E-state index contributed by atoms with van der Waals surface area (Å²) in [6.45, 7) is 15.4. The van der Waals surface area contributed by atoms with Crippen molar-refractivity contribution >= 4 is 11.8 Å². The van der Waals surface area contributed by atoms with E-state index in [2.05, 4.69) is 19.9 Å². The zero-order chi connectivity index (χ0) is 34.6. The summed E-state index contributed by atoms with van der Waals surface area (Å²) in [6, 6.07) is 0. The maximum atomic E-state index is 14.9. The van der Waals surface area contributed by atoms with Gasteiger partial charge in [-0.1, -0.05) is 47.1 Å². The molecule has 2 aliphatic heterocycles. The standard InChI is InChI=1S/C39H50O8/c1-21(2)10-9-11-23(5)13-15-26-32(41)27(14-12-22(3)4)35-31(33(26)42)34(43)28-18-25-19-30-37(7,8)47-38(20-29(25)40,39(28,30)46-35)17-16-24(6)36(44)45/h10,12-13,16,18,25,29-30,40-42H,9,11,14-15,17,19-20H2,1-8H3,(H,44,45). The van der Waals surface area contributed by atoms with Crippen LogP contribution in [0, 0.1) is 11.8 Å². The lowest BCUT2D eigenvalue weighted by atomic mass is 9.60. The average Bonchev–Trinajstić information content (AvgIpc) is 3.03. The second-order valence-corrected chi connectivity index (χ2v) is 15.0. The number of carboxylic acids is 1. The van der Waals surface area contributed by atoms with Crippen molar-refractivity contribution in [2.75, 3.05) is 0 Å². The van der Waals surface area contributed by atoms with Gasteiger partial charge in [-0.3, -0.25) is 4.79 Å². The van der Waals surface area contributed by atoms with E-state index in [1.165, 1.54) is 12.5 Å². The van der Waals surface area contributed by atoms with Crippen molar-refractivity contribution in [3.05, 3.63) is 74.9 Å². The number of benzene rings is 1. The van der Waals surface area contributed by atoms with E-state index in [0.29, 0.717) is 17.6 Å². The third-order valence-electron chi connectivity index (χ3n) is 10.7. The molecule has 254 valence electrons. The molecule has 8 heteroatoms. The van der Waals surface area contributed by atoms with Gasteiger partial charge in [0, 0.05) is 40.5 Å². The first kappa shape index (κ1) is 34.7. The van der Waals surface area contributed by atoms with Crippen molar-refractivity contribution in [2.24, 2.45) is 11.8 Å². The fourth-order valence-corrected chi connectivity index (χ4v) is 8.20. The maximum absolute atomic E-state index is 14.9. The van der Waals surface area contributed by atoms with E-state index in [1.807, 2.05) is 46.8 Å². The Morgan fingerprint density at radius 2 is 1.62 bits per heavy atom. The molecule has 4 N–H and O–H groups in total. The normalized spacial score (nSPS) is 28.9. The zero-order valence-electron chi connectivity index (χ0n) is 29.0. The Labute approximate surface area is 278 Å². The highest BCUT2D eigenvalue weighted by molar-refractivity contribution is 6.16. The molecule has 2 heterocycles. The molecule has 5 atom stereocenters. The number of ether oxygens (including phenoxy) is 2. The number of aliphatic hydroxyl groups excluding tert-OH is 1. The molecule has 0 aromatic heterocycles.